The van der Waals surface area contributed by atoms with E-state index in [1.54, 1.807) is 0 Å². The SMILES string of the molecule is CCCCCCCCCCCCCCCCC/C=C/CS(=O)(=O)[O-].[Na+]. The summed E-state index contributed by atoms with van der Waals surface area (Å²) in [7, 11) is -4.08. The van der Waals surface area contributed by atoms with E-state index in [1.165, 1.54) is 96.0 Å². The van der Waals surface area contributed by atoms with Gasteiger partial charge in [0.15, 0.2) is 0 Å². The second-order valence-corrected chi connectivity index (χ2v) is 8.38. The van der Waals surface area contributed by atoms with Gasteiger partial charge in [0.2, 0.25) is 0 Å². The number of hydrogen-bond acceptors (Lipinski definition) is 3. The summed E-state index contributed by atoms with van der Waals surface area (Å²) in [6, 6.07) is 0. The number of hydrogen-bond donors (Lipinski definition) is 0. The first kappa shape index (κ1) is 27.9. The Morgan fingerprint density at radius 1 is 0.640 bits per heavy atom. The molecule has 0 aromatic heterocycles. The van der Waals surface area contributed by atoms with Crippen LogP contribution in [-0.2, 0) is 10.1 Å². The summed E-state index contributed by atoms with van der Waals surface area (Å²) in [5, 5.41) is 0. The Hall–Kier alpha value is 0.650. The van der Waals surface area contributed by atoms with Crippen LogP contribution in [0.5, 0.6) is 0 Å². The van der Waals surface area contributed by atoms with Gasteiger partial charge in [-0.3, -0.25) is 0 Å². The molecular weight excluding hydrogens is 343 g/mol. The van der Waals surface area contributed by atoms with Gasteiger partial charge in [0.1, 0.15) is 0 Å². The summed E-state index contributed by atoms with van der Waals surface area (Å²) in [4.78, 5) is 0. The minimum Gasteiger partial charge on any atom is -0.748 e. The van der Waals surface area contributed by atoms with Crippen LogP contribution in [0.1, 0.15) is 110 Å². The van der Waals surface area contributed by atoms with Crippen LogP contribution in [0.3, 0.4) is 0 Å². The van der Waals surface area contributed by atoms with E-state index in [2.05, 4.69) is 6.92 Å². The maximum Gasteiger partial charge on any atom is 1.00 e. The Morgan fingerprint density at radius 3 is 1.36 bits per heavy atom. The molecule has 0 aliphatic rings. The third-order valence-electron chi connectivity index (χ3n) is 4.44. The summed E-state index contributed by atoms with van der Waals surface area (Å²) >= 11 is 0. The molecule has 0 fully saturated rings. The molecule has 0 spiro atoms. The number of rotatable bonds is 18. The van der Waals surface area contributed by atoms with Crippen LogP contribution in [0.15, 0.2) is 12.2 Å². The Morgan fingerprint density at radius 2 is 1.00 bits per heavy atom. The standard InChI is InChI=1S/C20H40O3S.Na/c1-2-3-4-5-6-7-8-9-10-11-12-13-14-15-16-17-18-19-20-24(21,22)23;/h18-19H,2-17,20H2,1H3,(H,21,22,23);/q;+1/p-1/b19-18+;. The van der Waals surface area contributed by atoms with Crippen molar-refractivity contribution in [2.75, 3.05) is 5.75 Å². The van der Waals surface area contributed by atoms with E-state index in [1.807, 2.05) is 6.08 Å². The largest absolute Gasteiger partial charge is 1.00 e. The molecule has 0 unspecified atom stereocenters. The molecule has 0 atom stereocenters. The van der Waals surface area contributed by atoms with E-state index >= 15 is 0 Å². The van der Waals surface area contributed by atoms with Crippen molar-refractivity contribution in [3.05, 3.63) is 12.2 Å². The monoisotopic (exact) mass is 382 g/mol. The van der Waals surface area contributed by atoms with Gasteiger partial charge in [0.25, 0.3) is 0 Å². The van der Waals surface area contributed by atoms with E-state index in [9.17, 15) is 13.0 Å². The average Bonchev–Trinajstić information content (AvgIpc) is 2.52. The van der Waals surface area contributed by atoms with Crippen molar-refractivity contribution in [1.82, 2.24) is 0 Å². The Kier molecular flexibility index (Phi) is 23.4. The zero-order valence-corrected chi connectivity index (χ0v) is 19.6. The van der Waals surface area contributed by atoms with Crippen molar-refractivity contribution in [3.63, 3.8) is 0 Å². The molecule has 25 heavy (non-hydrogen) atoms. The molecule has 144 valence electrons. The molecule has 5 heteroatoms. The maximum atomic E-state index is 10.4. The molecule has 0 N–H and O–H groups in total. The first-order valence-corrected chi connectivity index (χ1v) is 11.7. The molecule has 0 aromatic carbocycles. The fourth-order valence-corrected chi connectivity index (χ4v) is 3.31. The van der Waals surface area contributed by atoms with Crippen molar-refractivity contribution in [3.8, 4) is 0 Å². The predicted octanol–water partition coefficient (Wildman–Crippen LogP) is 3.35. The minimum absolute atomic E-state index is 0. The second-order valence-electron chi connectivity index (χ2n) is 6.93. The quantitative estimate of drug-likeness (QED) is 0.158. The molecule has 0 amide bonds. The van der Waals surface area contributed by atoms with Gasteiger partial charge in [0, 0.05) is 0 Å². The van der Waals surface area contributed by atoms with Crippen LogP contribution in [0, 0.1) is 0 Å². The van der Waals surface area contributed by atoms with Gasteiger partial charge < -0.3 is 4.55 Å². The van der Waals surface area contributed by atoms with E-state index in [0.717, 1.165) is 12.8 Å². The van der Waals surface area contributed by atoms with Gasteiger partial charge in [0.05, 0.1) is 15.9 Å². The van der Waals surface area contributed by atoms with E-state index in [0.29, 0.717) is 0 Å². The van der Waals surface area contributed by atoms with Crippen molar-refractivity contribution in [1.29, 1.82) is 0 Å². The predicted molar refractivity (Wildman–Crippen MR) is 103 cm³/mol. The normalized spacial score (nSPS) is 11.8. The van der Waals surface area contributed by atoms with Crippen LogP contribution < -0.4 is 29.6 Å². The molecule has 0 aliphatic carbocycles. The van der Waals surface area contributed by atoms with Gasteiger partial charge in [-0.1, -0.05) is 109 Å². The van der Waals surface area contributed by atoms with Crippen molar-refractivity contribution >= 4 is 10.1 Å². The minimum atomic E-state index is -4.08. The smallest absolute Gasteiger partial charge is 0.748 e. The van der Waals surface area contributed by atoms with Gasteiger partial charge in [-0.15, -0.1) is 0 Å². The topological polar surface area (TPSA) is 57.2 Å². The van der Waals surface area contributed by atoms with Crippen LogP contribution in [0.25, 0.3) is 0 Å². The first-order chi connectivity index (χ1) is 11.6. The van der Waals surface area contributed by atoms with Gasteiger partial charge in [-0.05, 0) is 12.8 Å². The number of unbranched alkanes of at least 4 members (excludes halogenated alkanes) is 15. The van der Waals surface area contributed by atoms with Crippen LogP contribution in [-0.4, -0.2) is 18.7 Å². The van der Waals surface area contributed by atoms with E-state index in [4.69, 9.17) is 0 Å². The summed E-state index contributed by atoms with van der Waals surface area (Å²) in [5.74, 6) is -0.369. The van der Waals surface area contributed by atoms with Gasteiger partial charge in [-0.25, -0.2) is 8.42 Å². The molecule has 3 nitrogen and oxygen atoms in total. The first-order valence-electron chi connectivity index (χ1n) is 10.1. The van der Waals surface area contributed by atoms with Crippen molar-refractivity contribution in [2.24, 2.45) is 0 Å². The van der Waals surface area contributed by atoms with E-state index < -0.39 is 10.1 Å². The third-order valence-corrected chi connectivity index (χ3v) is 5.04. The molecule has 0 saturated heterocycles. The Bertz CT molecular complexity index is 380. The zero-order valence-electron chi connectivity index (χ0n) is 16.8. The fraction of sp³-hybridized carbons (Fsp3) is 0.900. The Labute approximate surface area is 179 Å². The van der Waals surface area contributed by atoms with E-state index in [-0.39, 0.29) is 35.3 Å². The number of allylic oxidation sites excluding steroid dienone is 1. The molecule has 0 heterocycles. The van der Waals surface area contributed by atoms with Crippen molar-refractivity contribution < 1.29 is 42.5 Å². The van der Waals surface area contributed by atoms with Gasteiger partial charge >= 0.3 is 29.6 Å². The molecule has 0 radical (unpaired) electrons. The fourth-order valence-electron chi connectivity index (χ4n) is 2.94. The molecule has 0 bridgehead atoms. The molecule has 0 aliphatic heterocycles. The van der Waals surface area contributed by atoms with Crippen LogP contribution in [0.2, 0.25) is 0 Å². The van der Waals surface area contributed by atoms with Crippen LogP contribution in [0.4, 0.5) is 0 Å². The summed E-state index contributed by atoms with van der Waals surface area (Å²) in [6.45, 7) is 2.27. The zero-order chi connectivity index (χ0) is 17.9. The second kappa shape index (κ2) is 21.0. The average molecular weight is 383 g/mol. The summed E-state index contributed by atoms with van der Waals surface area (Å²) in [6.07, 6.45) is 24.4. The summed E-state index contributed by atoms with van der Waals surface area (Å²) < 4.78 is 31.2. The van der Waals surface area contributed by atoms with Gasteiger partial charge in [-0.2, -0.15) is 0 Å². The molecule has 0 aromatic rings. The third kappa shape index (κ3) is 27.0. The van der Waals surface area contributed by atoms with Crippen molar-refractivity contribution in [2.45, 2.75) is 110 Å². The molecular formula is C20H39NaO3S. The Balaban J connectivity index is 0. The van der Waals surface area contributed by atoms with Crippen LogP contribution >= 0.6 is 0 Å². The molecule has 0 rings (SSSR count). The molecule has 0 saturated carbocycles. The maximum absolute atomic E-state index is 10.4. The summed E-state index contributed by atoms with van der Waals surface area (Å²) in [5.41, 5.74) is 0.